The van der Waals surface area contributed by atoms with Crippen LogP contribution < -0.4 is 33.4 Å². The summed E-state index contributed by atoms with van der Waals surface area (Å²) in [6, 6.07) is 17.5. The van der Waals surface area contributed by atoms with E-state index in [2.05, 4.69) is 43.0 Å². The first-order valence-electron chi connectivity index (χ1n) is 19.7. The fourth-order valence-corrected chi connectivity index (χ4v) is 6.24. The number of thiazole rings is 1. The molecule has 0 spiro atoms. The lowest BCUT2D eigenvalue weighted by Gasteiger charge is -2.16. The number of fused-ring (bicyclic) bond motifs is 1. The molecule has 1 aromatic heterocycles. The van der Waals surface area contributed by atoms with Crippen molar-refractivity contribution in [3.8, 4) is 34.5 Å². The number of anilines is 1. The summed E-state index contributed by atoms with van der Waals surface area (Å²) in [6.45, 7) is 16.0. The Balaban J connectivity index is 1.51. The van der Waals surface area contributed by atoms with Gasteiger partial charge in [0.05, 0.1) is 27.6 Å². The van der Waals surface area contributed by atoms with Gasteiger partial charge in [-0.25, -0.2) is 33.8 Å². The van der Waals surface area contributed by atoms with Gasteiger partial charge in [0.15, 0.2) is 23.0 Å². The Kier molecular flexibility index (Phi) is 18.2. The summed E-state index contributed by atoms with van der Waals surface area (Å²) >= 11 is 1.16. The first kappa shape index (κ1) is 50.6. The molecule has 4 aromatic carbocycles. The van der Waals surface area contributed by atoms with E-state index >= 15 is 0 Å². The molecule has 0 aliphatic rings. The largest absolute Gasteiger partial charge is 0.453 e. The van der Waals surface area contributed by atoms with Gasteiger partial charge in [-0.2, -0.15) is 10.1 Å². The maximum Gasteiger partial charge on any atom is 0.343 e. The lowest BCUT2D eigenvalue weighted by atomic mass is 10.1. The molecule has 20 nitrogen and oxygen atoms in total. The van der Waals surface area contributed by atoms with E-state index in [1.54, 1.807) is 18.2 Å². The molecule has 0 atom stereocenters. The number of ether oxygens (including phenoxy) is 10. The van der Waals surface area contributed by atoms with Gasteiger partial charge in [-0.15, -0.1) is 0 Å². The van der Waals surface area contributed by atoms with Crippen molar-refractivity contribution >= 4 is 74.6 Å². The molecule has 0 unspecified atom stereocenters. The first-order chi connectivity index (χ1) is 33.3. The summed E-state index contributed by atoms with van der Waals surface area (Å²) in [5.74, 6) is -6.23. The fourth-order valence-electron chi connectivity index (χ4n) is 5.31. The average molecular weight is 962 g/mol. The van der Waals surface area contributed by atoms with E-state index in [9.17, 15) is 33.6 Å². The lowest BCUT2D eigenvalue weighted by Crippen LogP contribution is -2.23. The monoisotopic (exact) mass is 961 g/mol. The minimum Gasteiger partial charge on any atom is -0.453 e. The predicted molar refractivity (Wildman–Crippen MR) is 246 cm³/mol. The van der Waals surface area contributed by atoms with E-state index in [-0.39, 0.29) is 61.9 Å². The van der Waals surface area contributed by atoms with Gasteiger partial charge in [-0.05, 0) is 79.2 Å². The number of esters is 6. The zero-order valence-corrected chi connectivity index (χ0v) is 37.3. The smallest absolute Gasteiger partial charge is 0.343 e. The van der Waals surface area contributed by atoms with Crippen molar-refractivity contribution in [2.75, 3.05) is 32.2 Å². The van der Waals surface area contributed by atoms with Crippen LogP contribution in [0.1, 0.15) is 31.8 Å². The summed E-state index contributed by atoms with van der Waals surface area (Å²) < 4.78 is 54.0. The number of carbonyl (C=O) groups is 7. The Morgan fingerprint density at radius 1 is 0.594 bits per heavy atom. The molecule has 354 valence electrons. The van der Waals surface area contributed by atoms with Crippen LogP contribution in [0.4, 0.5) is 5.13 Å². The highest BCUT2D eigenvalue weighted by atomic mass is 32.1. The number of aromatic nitrogens is 1. The quantitative estimate of drug-likeness (QED) is 0.0117. The van der Waals surface area contributed by atoms with Crippen LogP contribution in [0.3, 0.4) is 0 Å². The van der Waals surface area contributed by atoms with Gasteiger partial charge in [-0.1, -0.05) is 56.4 Å². The fraction of sp³-hybridized carbons (Fsp3) is 0.104. The maximum absolute atomic E-state index is 13.9. The predicted octanol–water partition coefficient (Wildman–Crippen LogP) is 6.86. The average Bonchev–Trinajstić information content (AvgIpc) is 3.79. The van der Waals surface area contributed by atoms with E-state index in [1.807, 2.05) is 6.07 Å². The van der Waals surface area contributed by atoms with Crippen molar-refractivity contribution in [2.45, 2.75) is 6.92 Å². The second kappa shape index (κ2) is 24.8. The van der Waals surface area contributed by atoms with Gasteiger partial charge < -0.3 is 47.4 Å². The van der Waals surface area contributed by atoms with Crippen molar-refractivity contribution in [3.05, 3.63) is 158 Å². The molecule has 0 saturated carbocycles. The van der Waals surface area contributed by atoms with Crippen LogP contribution in [0.2, 0.25) is 0 Å². The van der Waals surface area contributed by atoms with Gasteiger partial charge in [0.1, 0.15) is 11.5 Å². The number of hydrogen-bond donors (Lipinski definition) is 0. The molecule has 1 heterocycles. The van der Waals surface area contributed by atoms with E-state index in [0.29, 0.717) is 5.52 Å². The summed E-state index contributed by atoms with van der Waals surface area (Å²) in [5.41, 5.74) is 0.611. The van der Waals surface area contributed by atoms with Crippen LogP contribution in [0.15, 0.2) is 141 Å². The molecule has 0 bridgehead atoms. The van der Waals surface area contributed by atoms with E-state index in [0.717, 1.165) is 51.4 Å². The number of nitrogens with zero attached hydrogens (tertiary/aromatic N) is 3. The number of para-hydroxylation sites is 1. The van der Waals surface area contributed by atoms with Crippen LogP contribution in [-0.4, -0.2) is 80.1 Å². The van der Waals surface area contributed by atoms with Gasteiger partial charge >= 0.3 is 35.8 Å². The molecule has 21 heteroatoms. The summed E-state index contributed by atoms with van der Waals surface area (Å²) in [6.07, 6.45) is 5.86. The minimum absolute atomic E-state index is 0.0109. The van der Waals surface area contributed by atoms with Crippen LogP contribution in [0.5, 0.6) is 34.5 Å². The molecular formula is C48H39N3O17S. The van der Waals surface area contributed by atoms with Crippen molar-refractivity contribution in [2.24, 2.45) is 5.10 Å². The summed E-state index contributed by atoms with van der Waals surface area (Å²) in [5, 5.41) is 5.54. The molecule has 5 rings (SSSR count). The molecule has 1 amide bonds. The van der Waals surface area contributed by atoms with Crippen LogP contribution in [0, 0.1) is 6.92 Å². The number of hydrogen-bond acceptors (Lipinski definition) is 20. The topological polar surface area (TPSA) is 240 Å². The third kappa shape index (κ3) is 14.3. The SMILES string of the molecule is C=CC(=O)OCOc1ccc(C(=O)Oc2cc(C)c(OC(=O)c3ccc(OCOC(=O)C=C)c(OCOC(=O)C=C)c3)c(/C=N/N(C(=O)C=C)c3nc4ccccc4s3)c2)cc1OCOC(=O)C=C. The molecule has 0 aliphatic heterocycles. The van der Waals surface area contributed by atoms with E-state index in [4.69, 9.17) is 47.4 Å². The Hall–Kier alpha value is -9.37. The zero-order valence-electron chi connectivity index (χ0n) is 36.4. The number of carbonyl (C=O) groups excluding carboxylic acids is 7. The molecular weight excluding hydrogens is 923 g/mol. The van der Waals surface area contributed by atoms with Crippen molar-refractivity contribution in [1.82, 2.24) is 4.98 Å². The molecule has 0 aliphatic carbocycles. The van der Waals surface area contributed by atoms with Crippen LogP contribution in [-0.2, 0) is 42.9 Å². The third-order valence-corrected chi connectivity index (χ3v) is 9.54. The molecule has 0 saturated heterocycles. The zero-order chi connectivity index (χ0) is 49.9. The normalized spacial score (nSPS) is 10.4. The molecule has 5 aromatic rings. The van der Waals surface area contributed by atoms with Gasteiger partial charge in [0, 0.05) is 29.9 Å². The Labute approximate surface area is 396 Å². The van der Waals surface area contributed by atoms with Crippen molar-refractivity contribution in [1.29, 1.82) is 0 Å². The highest BCUT2D eigenvalue weighted by Gasteiger charge is 2.22. The second-order valence-electron chi connectivity index (χ2n) is 13.0. The Morgan fingerprint density at radius 3 is 1.55 bits per heavy atom. The summed E-state index contributed by atoms with van der Waals surface area (Å²) in [7, 11) is 0. The molecule has 0 N–H and O–H groups in total. The standard InChI is InChI=1S/C48H39N3O17S/c1-7-40(52)51(48-50-34-14-12-13-15-39(34)69-48)49-24-32-21-33(67-46(57)30-16-18-35(59-25-63-41(53)8-2)37(22-30)61-27-65-43(55)10-4)20-29(6)45(32)68-47(58)31-17-19-36(60-26-64-42(54)9-3)38(23-31)62-28-66-44(56)11-5/h7-24H,1-5,25-28H2,6H3/b49-24+. The lowest BCUT2D eigenvalue weighted by molar-refractivity contribution is -0.146. The van der Waals surface area contributed by atoms with Crippen LogP contribution >= 0.6 is 11.3 Å². The number of aryl methyl sites for hydroxylation is 1. The molecule has 0 fully saturated rings. The molecule has 0 radical (unpaired) electrons. The minimum atomic E-state index is -0.965. The number of amides is 1. The van der Waals surface area contributed by atoms with E-state index in [1.165, 1.54) is 61.7 Å². The third-order valence-electron chi connectivity index (χ3n) is 8.53. The van der Waals surface area contributed by atoms with Crippen molar-refractivity contribution in [3.63, 3.8) is 0 Å². The number of rotatable bonds is 24. The number of hydrazone groups is 1. The first-order valence-corrected chi connectivity index (χ1v) is 20.5. The van der Waals surface area contributed by atoms with Gasteiger partial charge in [0.2, 0.25) is 32.3 Å². The Morgan fingerprint density at radius 2 is 1.07 bits per heavy atom. The van der Waals surface area contributed by atoms with Crippen LogP contribution in [0.25, 0.3) is 10.2 Å². The second-order valence-corrected chi connectivity index (χ2v) is 14.1. The molecule has 69 heavy (non-hydrogen) atoms. The van der Waals surface area contributed by atoms with Crippen molar-refractivity contribution < 1.29 is 80.9 Å². The number of benzene rings is 4. The van der Waals surface area contributed by atoms with Gasteiger partial charge in [0.25, 0.3) is 5.91 Å². The maximum atomic E-state index is 13.9. The van der Waals surface area contributed by atoms with Gasteiger partial charge in [-0.3, -0.25) is 4.79 Å². The Bertz CT molecular complexity index is 2840. The highest BCUT2D eigenvalue weighted by Crippen LogP contribution is 2.35. The highest BCUT2D eigenvalue weighted by molar-refractivity contribution is 7.22. The summed E-state index contributed by atoms with van der Waals surface area (Å²) in [4.78, 5) is 91.8. The van der Waals surface area contributed by atoms with E-state index < -0.39 is 68.9 Å².